The highest BCUT2D eigenvalue weighted by molar-refractivity contribution is 8.06. The van der Waals surface area contributed by atoms with Crippen LogP contribution in [0.25, 0.3) is 5.57 Å². The van der Waals surface area contributed by atoms with Gasteiger partial charge in [0.2, 0.25) is 5.95 Å². The van der Waals surface area contributed by atoms with Crippen LogP contribution in [0.3, 0.4) is 0 Å². The van der Waals surface area contributed by atoms with Gasteiger partial charge in [-0.05, 0) is 56.8 Å². The molecule has 0 saturated carbocycles. The summed E-state index contributed by atoms with van der Waals surface area (Å²) in [6, 6.07) is 4.06. The third-order valence-corrected chi connectivity index (χ3v) is 5.30. The van der Waals surface area contributed by atoms with Crippen molar-refractivity contribution in [1.29, 1.82) is 5.26 Å². The average Bonchev–Trinajstić information content (AvgIpc) is 3.32. The number of hydrogen-bond donors (Lipinski definition) is 2. The predicted octanol–water partition coefficient (Wildman–Crippen LogP) is 3.15. The van der Waals surface area contributed by atoms with Crippen molar-refractivity contribution in [2.45, 2.75) is 32.6 Å². The second-order valence-electron chi connectivity index (χ2n) is 6.15. The molecule has 0 atom stereocenters. The smallest absolute Gasteiger partial charge is 0.223 e. The van der Waals surface area contributed by atoms with Crippen LogP contribution in [-0.4, -0.2) is 41.0 Å². The molecule has 3 rings (SSSR count). The molecule has 6 nitrogen and oxygen atoms in total. The molecule has 1 saturated heterocycles. The van der Waals surface area contributed by atoms with E-state index in [9.17, 15) is 5.26 Å². The van der Waals surface area contributed by atoms with Gasteiger partial charge in [-0.25, -0.2) is 9.97 Å². The van der Waals surface area contributed by atoms with Crippen molar-refractivity contribution >= 4 is 23.3 Å². The van der Waals surface area contributed by atoms with Crippen molar-refractivity contribution in [1.82, 2.24) is 20.2 Å². The number of allylic oxidation sites excluding steroid dienone is 2. The molecule has 0 aliphatic carbocycles. The third-order valence-electron chi connectivity index (χ3n) is 4.36. The number of aromatic nitrogens is 2. The van der Waals surface area contributed by atoms with Crippen LogP contribution >= 0.6 is 11.8 Å². The van der Waals surface area contributed by atoms with Gasteiger partial charge in [-0.15, -0.1) is 0 Å². The molecule has 132 valence electrons. The number of nitrogens with zero attached hydrogens (tertiary/aromatic N) is 4. The molecular formula is C18H24N6S. The minimum Gasteiger partial charge on any atom is -0.354 e. The molecule has 25 heavy (non-hydrogen) atoms. The highest BCUT2D eigenvalue weighted by Crippen LogP contribution is 2.31. The molecule has 1 aromatic rings. The first-order valence-corrected chi connectivity index (χ1v) is 9.75. The van der Waals surface area contributed by atoms with Gasteiger partial charge in [0, 0.05) is 18.4 Å². The van der Waals surface area contributed by atoms with Gasteiger partial charge in [-0.1, -0.05) is 18.7 Å². The first kappa shape index (κ1) is 17.8. The first-order chi connectivity index (χ1) is 12.3. The summed E-state index contributed by atoms with van der Waals surface area (Å²) in [5, 5.41) is 19.0. The molecule has 0 bridgehead atoms. The Kier molecular flexibility index (Phi) is 6.31. The van der Waals surface area contributed by atoms with Crippen LogP contribution < -0.4 is 10.6 Å². The summed E-state index contributed by atoms with van der Waals surface area (Å²) >= 11 is 1.54. The Labute approximate surface area is 153 Å². The maximum Gasteiger partial charge on any atom is 0.223 e. The number of likely N-dealkylation sites (tertiary alicyclic amines) is 1. The van der Waals surface area contributed by atoms with E-state index in [-0.39, 0.29) is 0 Å². The van der Waals surface area contributed by atoms with E-state index in [1.807, 2.05) is 5.41 Å². The van der Waals surface area contributed by atoms with E-state index in [4.69, 9.17) is 0 Å². The highest BCUT2D eigenvalue weighted by Gasteiger charge is 2.17. The Hall–Kier alpha value is -2.04. The number of rotatable bonds is 7. The Morgan fingerprint density at radius 2 is 2.28 bits per heavy atom. The zero-order valence-corrected chi connectivity index (χ0v) is 15.4. The van der Waals surface area contributed by atoms with Crippen LogP contribution in [0, 0.1) is 11.3 Å². The molecule has 3 heterocycles. The van der Waals surface area contributed by atoms with Crippen LogP contribution in [0.2, 0.25) is 0 Å². The summed E-state index contributed by atoms with van der Waals surface area (Å²) in [5.74, 6) is 0.582. The number of nitriles is 1. The fraction of sp³-hybridized carbons (Fsp3) is 0.500. The van der Waals surface area contributed by atoms with Gasteiger partial charge in [0.05, 0.1) is 10.7 Å². The Balaban J connectivity index is 1.59. The van der Waals surface area contributed by atoms with Crippen molar-refractivity contribution in [3.8, 4) is 6.07 Å². The van der Waals surface area contributed by atoms with Gasteiger partial charge in [-0.3, -0.25) is 0 Å². The fourth-order valence-electron chi connectivity index (χ4n) is 2.94. The van der Waals surface area contributed by atoms with Crippen molar-refractivity contribution in [2.75, 3.05) is 31.5 Å². The summed E-state index contributed by atoms with van der Waals surface area (Å²) in [5.41, 5.74) is 2.34. The Morgan fingerprint density at radius 3 is 3.00 bits per heavy atom. The predicted molar refractivity (Wildman–Crippen MR) is 102 cm³/mol. The van der Waals surface area contributed by atoms with Crippen LogP contribution in [0.5, 0.6) is 0 Å². The first-order valence-electron chi connectivity index (χ1n) is 8.87. The molecule has 0 aromatic carbocycles. The maximum absolute atomic E-state index is 9.55. The molecule has 2 aliphatic rings. The lowest BCUT2D eigenvalue weighted by Gasteiger charge is -2.14. The SMILES string of the molecule is CCC1=CSC(=C(C#N)c2ccnc(NCCCN3CCCC3)n2)N1. The molecule has 2 N–H and O–H groups in total. The van der Waals surface area contributed by atoms with Crippen LogP contribution in [0.1, 0.15) is 38.3 Å². The second kappa shape index (κ2) is 8.88. The van der Waals surface area contributed by atoms with E-state index in [0.717, 1.165) is 36.7 Å². The monoisotopic (exact) mass is 356 g/mol. The van der Waals surface area contributed by atoms with Crippen molar-refractivity contribution in [2.24, 2.45) is 0 Å². The largest absolute Gasteiger partial charge is 0.354 e. The maximum atomic E-state index is 9.55. The lowest BCUT2D eigenvalue weighted by Crippen LogP contribution is -2.22. The van der Waals surface area contributed by atoms with Crippen molar-refractivity contribution < 1.29 is 0 Å². The summed E-state index contributed by atoms with van der Waals surface area (Å²) in [6.07, 6.45) is 6.34. The molecule has 1 fully saturated rings. The zero-order chi connectivity index (χ0) is 17.5. The molecule has 0 radical (unpaired) electrons. The van der Waals surface area contributed by atoms with Gasteiger partial charge < -0.3 is 15.5 Å². The minimum absolute atomic E-state index is 0.562. The number of hydrogen-bond acceptors (Lipinski definition) is 7. The lowest BCUT2D eigenvalue weighted by molar-refractivity contribution is 0.337. The van der Waals surface area contributed by atoms with E-state index in [0.29, 0.717) is 17.2 Å². The average molecular weight is 356 g/mol. The van der Waals surface area contributed by atoms with Crippen LogP contribution in [0.4, 0.5) is 5.95 Å². The molecule has 0 spiro atoms. The topological polar surface area (TPSA) is 76.9 Å². The number of thioether (sulfide) groups is 1. The normalized spacial score (nSPS) is 19.3. The number of nitrogens with one attached hydrogen (secondary N) is 2. The zero-order valence-electron chi connectivity index (χ0n) is 14.6. The lowest BCUT2D eigenvalue weighted by atomic mass is 10.2. The van der Waals surface area contributed by atoms with Gasteiger partial charge in [0.15, 0.2) is 0 Å². The van der Waals surface area contributed by atoms with E-state index >= 15 is 0 Å². The number of anilines is 1. The Morgan fingerprint density at radius 1 is 1.44 bits per heavy atom. The van der Waals surface area contributed by atoms with Crippen molar-refractivity contribution in [3.05, 3.63) is 34.1 Å². The summed E-state index contributed by atoms with van der Waals surface area (Å²) < 4.78 is 0. The molecule has 1 aromatic heterocycles. The van der Waals surface area contributed by atoms with Gasteiger partial charge >= 0.3 is 0 Å². The van der Waals surface area contributed by atoms with E-state index in [1.54, 1.807) is 24.0 Å². The second-order valence-corrected chi connectivity index (χ2v) is 7.03. The van der Waals surface area contributed by atoms with Crippen molar-refractivity contribution in [3.63, 3.8) is 0 Å². The molecule has 0 unspecified atom stereocenters. The van der Waals surface area contributed by atoms with E-state index in [1.165, 1.54) is 25.9 Å². The standard InChI is InChI=1S/C18H24N6S/c1-2-14-13-25-17(22-14)15(12-19)16-6-8-21-18(23-16)20-7-5-11-24-9-3-4-10-24/h6,8,13,22H,2-5,7,9-11H2,1H3,(H,20,21,23). The van der Waals surface area contributed by atoms with E-state index in [2.05, 4.69) is 38.5 Å². The van der Waals surface area contributed by atoms with Crippen LogP contribution in [0.15, 0.2) is 28.4 Å². The summed E-state index contributed by atoms with van der Waals surface area (Å²) in [6.45, 7) is 6.50. The van der Waals surface area contributed by atoms with Gasteiger partial charge in [0.1, 0.15) is 11.6 Å². The summed E-state index contributed by atoms with van der Waals surface area (Å²) in [4.78, 5) is 11.3. The molecule has 2 aliphatic heterocycles. The van der Waals surface area contributed by atoms with Gasteiger partial charge in [-0.2, -0.15) is 5.26 Å². The molecule has 7 heteroatoms. The third kappa shape index (κ3) is 4.74. The highest BCUT2D eigenvalue weighted by atomic mass is 32.2. The quantitative estimate of drug-likeness (QED) is 0.574. The van der Waals surface area contributed by atoms with Gasteiger partial charge in [0.25, 0.3) is 0 Å². The Bertz CT molecular complexity index is 700. The molecule has 0 amide bonds. The minimum atomic E-state index is 0.562. The van der Waals surface area contributed by atoms with Crippen LogP contribution in [-0.2, 0) is 0 Å². The molecular weight excluding hydrogens is 332 g/mol. The summed E-state index contributed by atoms with van der Waals surface area (Å²) in [7, 11) is 0. The van der Waals surface area contributed by atoms with E-state index < -0.39 is 0 Å². The fourth-order valence-corrected chi connectivity index (χ4v) is 3.89.